The van der Waals surface area contributed by atoms with Crippen molar-refractivity contribution in [3.05, 3.63) is 47.8 Å². The molecule has 124 valence electrons. The van der Waals surface area contributed by atoms with Crippen molar-refractivity contribution in [2.75, 3.05) is 0 Å². The summed E-state index contributed by atoms with van der Waals surface area (Å²) in [6.07, 6.45) is 13.3. The molecule has 1 aromatic carbocycles. The van der Waals surface area contributed by atoms with Crippen molar-refractivity contribution in [1.29, 1.82) is 5.26 Å². The van der Waals surface area contributed by atoms with Crippen LogP contribution in [0.15, 0.2) is 36.7 Å². The van der Waals surface area contributed by atoms with Gasteiger partial charge in [0.2, 0.25) is 0 Å². The number of hydrogen-bond donors (Lipinski definition) is 0. The fraction of sp³-hybridized carbons (Fsp3) is 0.476. The standard InChI is InChI=1S/C21H25N3/c1-2-3-4-16-5-9-18(10-6-16)20-14-23-21(24-15-20)19-11-7-17(13-22)8-12-19/h7-8,11-12,14-16,18H,2-6,9-10H2,1H3/t16-,18-. The molecule has 0 saturated heterocycles. The molecule has 0 aliphatic heterocycles. The Morgan fingerprint density at radius 2 is 1.71 bits per heavy atom. The molecule has 2 aromatic rings. The lowest BCUT2D eigenvalue weighted by Gasteiger charge is -2.28. The van der Waals surface area contributed by atoms with Gasteiger partial charge in [-0.05, 0) is 67.3 Å². The summed E-state index contributed by atoms with van der Waals surface area (Å²) < 4.78 is 0. The highest BCUT2D eigenvalue weighted by molar-refractivity contribution is 5.56. The fourth-order valence-electron chi connectivity index (χ4n) is 3.67. The summed E-state index contributed by atoms with van der Waals surface area (Å²) in [5.74, 6) is 2.29. The van der Waals surface area contributed by atoms with Gasteiger partial charge in [-0.3, -0.25) is 0 Å². The highest BCUT2D eigenvalue weighted by atomic mass is 14.9. The second-order valence-corrected chi connectivity index (χ2v) is 6.89. The quantitative estimate of drug-likeness (QED) is 0.733. The number of hydrogen-bond acceptors (Lipinski definition) is 3. The Kier molecular flexibility index (Phi) is 5.59. The van der Waals surface area contributed by atoms with Crippen molar-refractivity contribution in [3.63, 3.8) is 0 Å². The molecule has 1 heterocycles. The summed E-state index contributed by atoms with van der Waals surface area (Å²) in [6.45, 7) is 2.28. The van der Waals surface area contributed by atoms with Gasteiger partial charge in [0.1, 0.15) is 0 Å². The number of benzene rings is 1. The molecule has 1 aliphatic rings. The van der Waals surface area contributed by atoms with Gasteiger partial charge < -0.3 is 0 Å². The van der Waals surface area contributed by atoms with Gasteiger partial charge in [0.15, 0.2) is 5.82 Å². The summed E-state index contributed by atoms with van der Waals surface area (Å²) in [7, 11) is 0. The summed E-state index contributed by atoms with van der Waals surface area (Å²) in [6, 6.07) is 9.57. The average molecular weight is 319 g/mol. The van der Waals surface area contributed by atoms with Crippen molar-refractivity contribution >= 4 is 0 Å². The van der Waals surface area contributed by atoms with Crippen molar-refractivity contribution in [1.82, 2.24) is 9.97 Å². The first-order valence-electron chi connectivity index (χ1n) is 9.12. The van der Waals surface area contributed by atoms with Crippen molar-refractivity contribution < 1.29 is 0 Å². The van der Waals surface area contributed by atoms with Crippen LogP contribution in [0.2, 0.25) is 0 Å². The predicted molar refractivity (Wildman–Crippen MR) is 96.4 cm³/mol. The molecule has 3 nitrogen and oxygen atoms in total. The minimum Gasteiger partial charge on any atom is -0.236 e. The molecule has 0 spiro atoms. The zero-order chi connectivity index (χ0) is 16.8. The summed E-state index contributed by atoms with van der Waals surface area (Å²) in [5, 5.41) is 8.86. The maximum absolute atomic E-state index is 8.86. The van der Waals surface area contributed by atoms with Crippen LogP contribution in [0, 0.1) is 17.2 Å². The lowest BCUT2D eigenvalue weighted by atomic mass is 9.78. The molecule has 1 aromatic heterocycles. The van der Waals surface area contributed by atoms with Crippen molar-refractivity contribution in [3.8, 4) is 17.5 Å². The monoisotopic (exact) mass is 319 g/mol. The normalized spacial score (nSPS) is 20.5. The third kappa shape index (κ3) is 4.00. The molecule has 0 atom stereocenters. The van der Waals surface area contributed by atoms with Gasteiger partial charge in [-0.25, -0.2) is 9.97 Å². The van der Waals surface area contributed by atoms with Gasteiger partial charge in [0, 0.05) is 18.0 Å². The van der Waals surface area contributed by atoms with Crippen LogP contribution in [0.5, 0.6) is 0 Å². The lowest BCUT2D eigenvalue weighted by molar-refractivity contribution is 0.304. The molecule has 3 heteroatoms. The third-order valence-corrected chi connectivity index (χ3v) is 5.23. The maximum atomic E-state index is 8.86. The summed E-state index contributed by atoms with van der Waals surface area (Å²) in [4.78, 5) is 9.11. The Labute approximate surface area is 144 Å². The van der Waals surface area contributed by atoms with Crippen LogP contribution >= 0.6 is 0 Å². The second kappa shape index (κ2) is 8.06. The summed E-state index contributed by atoms with van der Waals surface area (Å²) >= 11 is 0. The third-order valence-electron chi connectivity index (χ3n) is 5.23. The van der Waals surface area contributed by atoms with Gasteiger partial charge in [-0.15, -0.1) is 0 Å². The zero-order valence-corrected chi connectivity index (χ0v) is 14.4. The fourth-order valence-corrected chi connectivity index (χ4v) is 3.67. The van der Waals surface area contributed by atoms with E-state index in [2.05, 4.69) is 23.0 Å². The van der Waals surface area contributed by atoms with E-state index in [4.69, 9.17) is 5.26 Å². The summed E-state index contributed by atoms with van der Waals surface area (Å²) in [5.41, 5.74) is 2.90. The first-order valence-corrected chi connectivity index (χ1v) is 9.12. The average Bonchev–Trinajstić information content (AvgIpc) is 2.67. The minimum absolute atomic E-state index is 0.623. The second-order valence-electron chi connectivity index (χ2n) is 6.89. The molecule has 0 bridgehead atoms. The van der Waals surface area contributed by atoms with Crippen molar-refractivity contribution in [2.45, 2.75) is 57.8 Å². The minimum atomic E-state index is 0.623. The number of aromatic nitrogens is 2. The topological polar surface area (TPSA) is 49.6 Å². The molecule has 3 rings (SSSR count). The van der Waals surface area contributed by atoms with Gasteiger partial charge in [-0.2, -0.15) is 5.26 Å². The van der Waals surface area contributed by atoms with E-state index in [9.17, 15) is 0 Å². The van der Waals surface area contributed by atoms with E-state index in [-0.39, 0.29) is 0 Å². The van der Waals surface area contributed by atoms with Crippen LogP contribution in [-0.2, 0) is 0 Å². The van der Waals surface area contributed by atoms with E-state index in [0.717, 1.165) is 17.3 Å². The molecule has 0 N–H and O–H groups in total. The zero-order valence-electron chi connectivity index (χ0n) is 14.4. The van der Waals surface area contributed by atoms with Gasteiger partial charge in [0.05, 0.1) is 11.6 Å². The van der Waals surface area contributed by atoms with Gasteiger partial charge in [0.25, 0.3) is 0 Å². The first-order chi connectivity index (χ1) is 11.8. The molecule has 24 heavy (non-hydrogen) atoms. The van der Waals surface area contributed by atoms with Crippen LogP contribution < -0.4 is 0 Å². The number of unbranched alkanes of at least 4 members (excludes halogenated alkanes) is 1. The van der Waals surface area contributed by atoms with E-state index in [1.54, 1.807) is 0 Å². The Balaban J connectivity index is 1.61. The molecule has 1 aliphatic carbocycles. The molecule has 0 unspecified atom stereocenters. The Hall–Kier alpha value is -2.21. The van der Waals surface area contributed by atoms with E-state index in [0.29, 0.717) is 11.5 Å². The van der Waals surface area contributed by atoms with E-state index < -0.39 is 0 Å². The van der Waals surface area contributed by atoms with E-state index in [1.807, 2.05) is 36.7 Å². The van der Waals surface area contributed by atoms with E-state index in [1.165, 1.54) is 50.5 Å². The lowest BCUT2D eigenvalue weighted by Crippen LogP contribution is -2.13. The van der Waals surface area contributed by atoms with Crippen molar-refractivity contribution in [2.24, 2.45) is 5.92 Å². The first kappa shape index (κ1) is 16.6. The van der Waals surface area contributed by atoms with Gasteiger partial charge in [-0.1, -0.05) is 26.2 Å². The number of nitrogens with zero attached hydrogens (tertiary/aromatic N) is 3. The molecular formula is C21H25N3. The van der Waals surface area contributed by atoms with Gasteiger partial charge >= 0.3 is 0 Å². The smallest absolute Gasteiger partial charge is 0.159 e. The molecule has 1 fully saturated rings. The largest absolute Gasteiger partial charge is 0.236 e. The van der Waals surface area contributed by atoms with Crippen LogP contribution in [0.3, 0.4) is 0 Å². The highest BCUT2D eigenvalue weighted by Crippen LogP contribution is 2.37. The molecule has 1 saturated carbocycles. The Morgan fingerprint density at radius 3 is 2.29 bits per heavy atom. The van der Waals surface area contributed by atoms with Crippen LogP contribution in [0.4, 0.5) is 0 Å². The number of rotatable bonds is 5. The predicted octanol–water partition coefficient (Wildman–Crippen LogP) is 5.48. The van der Waals surface area contributed by atoms with Crippen LogP contribution in [0.25, 0.3) is 11.4 Å². The van der Waals surface area contributed by atoms with Crippen LogP contribution in [0.1, 0.15) is 68.9 Å². The van der Waals surface area contributed by atoms with Crippen LogP contribution in [-0.4, -0.2) is 9.97 Å². The highest BCUT2D eigenvalue weighted by Gasteiger charge is 2.22. The molecular weight excluding hydrogens is 294 g/mol. The van der Waals surface area contributed by atoms with E-state index >= 15 is 0 Å². The molecule has 0 radical (unpaired) electrons. The number of nitriles is 1. The SMILES string of the molecule is CCCC[C@H]1CC[C@H](c2cnc(-c3ccc(C#N)cc3)nc2)CC1. The Morgan fingerprint density at radius 1 is 1.04 bits per heavy atom. The Bertz CT molecular complexity index is 675. The molecule has 0 amide bonds. The maximum Gasteiger partial charge on any atom is 0.159 e.